The van der Waals surface area contributed by atoms with Gasteiger partial charge in [0.05, 0.1) is 5.92 Å². The summed E-state index contributed by atoms with van der Waals surface area (Å²) in [6.45, 7) is 1.96. The first-order valence-electron chi connectivity index (χ1n) is 8.33. The molecule has 2 heterocycles. The highest BCUT2D eigenvalue weighted by atomic mass is 16.5. The van der Waals surface area contributed by atoms with Crippen molar-refractivity contribution >= 4 is 11.8 Å². The summed E-state index contributed by atoms with van der Waals surface area (Å²) in [6.07, 6.45) is 2.86. The van der Waals surface area contributed by atoms with Crippen molar-refractivity contribution in [3.8, 4) is 11.4 Å². The van der Waals surface area contributed by atoms with Gasteiger partial charge in [-0.25, -0.2) is 0 Å². The first kappa shape index (κ1) is 17.1. The van der Waals surface area contributed by atoms with Crippen molar-refractivity contribution in [2.24, 2.45) is 11.7 Å². The fraction of sp³-hybridized carbons (Fsp3) is 0.412. The zero-order valence-corrected chi connectivity index (χ0v) is 13.9. The first-order valence-corrected chi connectivity index (χ1v) is 8.33. The van der Waals surface area contributed by atoms with E-state index in [0.29, 0.717) is 37.6 Å². The fourth-order valence-corrected chi connectivity index (χ4v) is 2.96. The van der Waals surface area contributed by atoms with E-state index in [-0.39, 0.29) is 17.7 Å². The summed E-state index contributed by atoms with van der Waals surface area (Å²) in [7, 11) is 0. The third kappa shape index (κ3) is 4.03. The van der Waals surface area contributed by atoms with E-state index >= 15 is 0 Å². The molecule has 0 saturated carbocycles. The quantitative estimate of drug-likeness (QED) is 0.824. The molecule has 2 amide bonds. The third-order valence-electron chi connectivity index (χ3n) is 4.27. The van der Waals surface area contributed by atoms with Gasteiger partial charge < -0.3 is 20.5 Å². The van der Waals surface area contributed by atoms with Crippen molar-refractivity contribution in [2.45, 2.75) is 12.8 Å². The van der Waals surface area contributed by atoms with Gasteiger partial charge in [-0.1, -0.05) is 17.3 Å². The molecule has 0 radical (unpaired) electrons. The first-order chi connectivity index (χ1) is 12.2. The standard InChI is InChI=1S/C17H21N5O3/c18-7-8-19-16(23)14-2-1-9-22(10-14)17(24)13-5-3-12(4-6-13)15-20-11-25-21-15/h3-6,11,14H,1-2,7-10,18H2,(H,19,23). The number of benzene rings is 1. The van der Waals surface area contributed by atoms with Crippen LogP contribution in [-0.4, -0.2) is 53.0 Å². The van der Waals surface area contributed by atoms with Crippen LogP contribution in [0, 0.1) is 5.92 Å². The molecular weight excluding hydrogens is 322 g/mol. The Morgan fingerprint density at radius 3 is 2.80 bits per heavy atom. The number of rotatable bonds is 5. The second kappa shape index (κ2) is 7.89. The molecule has 0 bridgehead atoms. The lowest BCUT2D eigenvalue weighted by Crippen LogP contribution is -2.46. The number of hydrogen-bond acceptors (Lipinski definition) is 6. The molecular formula is C17H21N5O3. The van der Waals surface area contributed by atoms with E-state index in [0.717, 1.165) is 18.4 Å². The van der Waals surface area contributed by atoms with Gasteiger partial charge >= 0.3 is 0 Å². The Hall–Kier alpha value is -2.74. The predicted octanol–water partition coefficient (Wildman–Crippen LogP) is 0.664. The Kier molecular flexibility index (Phi) is 5.39. The molecule has 1 aliphatic heterocycles. The smallest absolute Gasteiger partial charge is 0.253 e. The van der Waals surface area contributed by atoms with Crippen molar-refractivity contribution < 1.29 is 14.1 Å². The Labute approximate surface area is 145 Å². The van der Waals surface area contributed by atoms with Crippen LogP contribution in [0.25, 0.3) is 11.4 Å². The summed E-state index contributed by atoms with van der Waals surface area (Å²) >= 11 is 0. The van der Waals surface area contributed by atoms with Gasteiger partial charge in [0.15, 0.2) is 0 Å². The number of nitrogens with one attached hydrogen (secondary N) is 1. The summed E-state index contributed by atoms with van der Waals surface area (Å²) in [5.74, 6) is 0.197. The Balaban J connectivity index is 1.65. The maximum atomic E-state index is 12.7. The van der Waals surface area contributed by atoms with Crippen molar-refractivity contribution in [1.29, 1.82) is 0 Å². The second-order valence-corrected chi connectivity index (χ2v) is 6.00. The molecule has 0 spiro atoms. The molecule has 1 atom stereocenters. The summed E-state index contributed by atoms with van der Waals surface area (Å²) in [4.78, 5) is 30.5. The number of aromatic nitrogens is 2. The molecule has 1 aromatic heterocycles. The van der Waals surface area contributed by atoms with E-state index in [9.17, 15) is 9.59 Å². The molecule has 25 heavy (non-hydrogen) atoms. The SMILES string of the molecule is NCCNC(=O)C1CCCN(C(=O)c2ccc(-c3ncon3)cc2)C1. The van der Waals surface area contributed by atoms with Gasteiger partial charge in [-0.15, -0.1) is 0 Å². The average Bonchev–Trinajstić information content (AvgIpc) is 3.20. The van der Waals surface area contributed by atoms with Crippen LogP contribution in [0.3, 0.4) is 0 Å². The monoisotopic (exact) mass is 343 g/mol. The number of nitrogens with zero attached hydrogens (tertiary/aromatic N) is 3. The van der Waals surface area contributed by atoms with E-state index in [1.165, 1.54) is 6.39 Å². The molecule has 0 aliphatic carbocycles. The molecule has 8 nitrogen and oxygen atoms in total. The summed E-state index contributed by atoms with van der Waals surface area (Å²) in [5.41, 5.74) is 6.77. The molecule has 132 valence electrons. The van der Waals surface area contributed by atoms with Crippen LogP contribution in [-0.2, 0) is 4.79 Å². The zero-order valence-electron chi connectivity index (χ0n) is 13.9. The molecule has 1 aliphatic rings. The number of carbonyl (C=O) groups excluding carboxylic acids is 2. The Morgan fingerprint density at radius 1 is 1.32 bits per heavy atom. The van der Waals surface area contributed by atoms with Gasteiger partial charge in [-0.2, -0.15) is 4.98 Å². The fourth-order valence-electron chi connectivity index (χ4n) is 2.96. The average molecular weight is 343 g/mol. The highest BCUT2D eigenvalue weighted by Crippen LogP contribution is 2.20. The number of carbonyl (C=O) groups is 2. The molecule has 1 fully saturated rings. The summed E-state index contributed by atoms with van der Waals surface area (Å²) in [5, 5.41) is 6.57. The van der Waals surface area contributed by atoms with Crippen LogP contribution in [0.5, 0.6) is 0 Å². The van der Waals surface area contributed by atoms with Crippen molar-refractivity contribution in [1.82, 2.24) is 20.4 Å². The summed E-state index contributed by atoms with van der Waals surface area (Å²) < 4.78 is 4.72. The lowest BCUT2D eigenvalue weighted by Gasteiger charge is -2.32. The number of nitrogens with two attached hydrogens (primary N) is 1. The van der Waals surface area contributed by atoms with E-state index in [4.69, 9.17) is 10.3 Å². The summed E-state index contributed by atoms with van der Waals surface area (Å²) in [6, 6.07) is 7.05. The normalized spacial score (nSPS) is 17.3. The van der Waals surface area contributed by atoms with Crippen molar-refractivity contribution in [3.05, 3.63) is 36.2 Å². The maximum Gasteiger partial charge on any atom is 0.253 e. The Bertz CT molecular complexity index is 714. The van der Waals surface area contributed by atoms with Crippen LogP contribution in [0.2, 0.25) is 0 Å². The minimum Gasteiger partial charge on any atom is -0.355 e. The number of likely N-dealkylation sites (tertiary alicyclic amines) is 1. The van der Waals surface area contributed by atoms with Gasteiger partial charge in [0.25, 0.3) is 5.91 Å². The Morgan fingerprint density at radius 2 is 2.12 bits per heavy atom. The topological polar surface area (TPSA) is 114 Å². The van der Waals surface area contributed by atoms with E-state index < -0.39 is 0 Å². The lowest BCUT2D eigenvalue weighted by atomic mass is 9.96. The zero-order chi connectivity index (χ0) is 17.6. The molecule has 3 N–H and O–H groups in total. The van der Waals surface area contributed by atoms with Crippen LogP contribution < -0.4 is 11.1 Å². The minimum atomic E-state index is -0.178. The molecule has 3 rings (SSSR count). The number of piperidine rings is 1. The van der Waals surface area contributed by atoms with Gasteiger partial charge in [0, 0.05) is 37.3 Å². The molecule has 1 aromatic carbocycles. The van der Waals surface area contributed by atoms with Crippen LogP contribution in [0.1, 0.15) is 23.2 Å². The molecule has 2 aromatic rings. The second-order valence-electron chi connectivity index (χ2n) is 6.00. The number of hydrogen-bond donors (Lipinski definition) is 2. The van der Waals surface area contributed by atoms with Gasteiger partial charge in [-0.3, -0.25) is 9.59 Å². The highest BCUT2D eigenvalue weighted by Gasteiger charge is 2.28. The van der Waals surface area contributed by atoms with Crippen LogP contribution >= 0.6 is 0 Å². The highest BCUT2D eigenvalue weighted by molar-refractivity contribution is 5.95. The van der Waals surface area contributed by atoms with E-state index in [1.807, 2.05) is 0 Å². The van der Waals surface area contributed by atoms with Crippen LogP contribution in [0.15, 0.2) is 35.2 Å². The van der Waals surface area contributed by atoms with Crippen molar-refractivity contribution in [2.75, 3.05) is 26.2 Å². The number of amides is 2. The van der Waals surface area contributed by atoms with Gasteiger partial charge in [-0.05, 0) is 25.0 Å². The molecule has 1 unspecified atom stereocenters. The van der Waals surface area contributed by atoms with Gasteiger partial charge in [0.2, 0.25) is 18.1 Å². The van der Waals surface area contributed by atoms with Crippen molar-refractivity contribution in [3.63, 3.8) is 0 Å². The van der Waals surface area contributed by atoms with Crippen LogP contribution in [0.4, 0.5) is 0 Å². The van der Waals surface area contributed by atoms with E-state index in [2.05, 4.69) is 15.5 Å². The molecule has 8 heteroatoms. The predicted molar refractivity (Wildman–Crippen MR) is 90.4 cm³/mol. The minimum absolute atomic E-state index is 0.0320. The van der Waals surface area contributed by atoms with Gasteiger partial charge in [0.1, 0.15) is 0 Å². The largest absolute Gasteiger partial charge is 0.355 e. The maximum absolute atomic E-state index is 12.7. The molecule has 1 saturated heterocycles. The third-order valence-corrected chi connectivity index (χ3v) is 4.27. The lowest BCUT2D eigenvalue weighted by molar-refractivity contribution is -0.126. The van der Waals surface area contributed by atoms with E-state index in [1.54, 1.807) is 29.2 Å².